The second-order valence-corrected chi connectivity index (χ2v) is 5.33. The molecule has 3 aromatic rings. The maximum Gasteiger partial charge on any atom is 0.341 e. The molecule has 0 aliphatic heterocycles. The van der Waals surface area contributed by atoms with Crippen LogP contribution in [0.15, 0.2) is 45.9 Å². The third-order valence-electron chi connectivity index (χ3n) is 3.13. The maximum atomic E-state index is 12.3. The summed E-state index contributed by atoms with van der Waals surface area (Å²) >= 11 is 1.45. The van der Waals surface area contributed by atoms with Crippen LogP contribution < -0.4 is 10.9 Å². The van der Waals surface area contributed by atoms with E-state index < -0.39 is 11.5 Å². The highest BCUT2D eigenvalue weighted by Gasteiger charge is 2.15. The molecular formula is C15H10N2O4S. The number of anilines is 1. The van der Waals surface area contributed by atoms with Crippen molar-refractivity contribution in [1.82, 2.24) is 4.98 Å². The molecule has 0 fully saturated rings. The Morgan fingerprint density at radius 1 is 1.18 bits per heavy atom. The molecule has 0 unspecified atom stereocenters. The van der Waals surface area contributed by atoms with Gasteiger partial charge in [-0.1, -0.05) is 12.1 Å². The molecule has 0 saturated carbocycles. The SMILES string of the molecule is O=C(O)c1cc2cccc(C(=O)Nc3ccsc3)c2[nH]c1=O. The molecule has 6 nitrogen and oxygen atoms in total. The van der Waals surface area contributed by atoms with Gasteiger partial charge < -0.3 is 15.4 Å². The van der Waals surface area contributed by atoms with Crippen molar-refractivity contribution in [3.05, 3.63) is 62.6 Å². The number of aromatic amines is 1. The van der Waals surface area contributed by atoms with Gasteiger partial charge in [-0.2, -0.15) is 11.3 Å². The van der Waals surface area contributed by atoms with Gasteiger partial charge in [-0.15, -0.1) is 0 Å². The quantitative estimate of drug-likeness (QED) is 0.691. The molecule has 1 amide bonds. The Hall–Kier alpha value is -2.93. The topological polar surface area (TPSA) is 99.3 Å². The van der Waals surface area contributed by atoms with Crippen LogP contribution in [0.3, 0.4) is 0 Å². The van der Waals surface area contributed by atoms with Crippen molar-refractivity contribution in [3.63, 3.8) is 0 Å². The summed E-state index contributed by atoms with van der Waals surface area (Å²) in [6, 6.07) is 7.87. The molecule has 0 saturated heterocycles. The molecule has 0 aliphatic rings. The monoisotopic (exact) mass is 314 g/mol. The number of amides is 1. The molecule has 22 heavy (non-hydrogen) atoms. The standard InChI is InChI=1S/C15H10N2O4S/c18-13(16-9-4-5-22-7-9)10-3-1-2-8-6-11(15(20)21)14(19)17-12(8)10/h1-7H,(H,16,18)(H,17,19)(H,20,21). The summed E-state index contributed by atoms with van der Waals surface area (Å²) in [5.74, 6) is -1.68. The van der Waals surface area contributed by atoms with Crippen molar-refractivity contribution in [3.8, 4) is 0 Å². The van der Waals surface area contributed by atoms with Crippen LogP contribution in [0, 0.1) is 0 Å². The normalized spacial score (nSPS) is 10.5. The summed E-state index contributed by atoms with van der Waals surface area (Å²) in [6.07, 6.45) is 0. The van der Waals surface area contributed by atoms with Crippen LogP contribution >= 0.6 is 11.3 Å². The van der Waals surface area contributed by atoms with Gasteiger partial charge in [0.05, 0.1) is 16.8 Å². The summed E-state index contributed by atoms with van der Waals surface area (Å²) in [5, 5.41) is 15.8. The van der Waals surface area contributed by atoms with Gasteiger partial charge in [-0.25, -0.2) is 4.79 Å². The second kappa shape index (κ2) is 5.45. The molecule has 1 aromatic carbocycles. The van der Waals surface area contributed by atoms with Gasteiger partial charge in [-0.3, -0.25) is 9.59 Å². The van der Waals surface area contributed by atoms with Crippen molar-refractivity contribution in [2.75, 3.05) is 5.32 Å². The molecule has 3 rings (SSSR count). The van der Waals surface area contributed by atoms with E-state index in [4.69, 9.17) is 5.11 Å². The average Bonchev–Trinajstić information content (AvgIpc) is 2.98. The van der Waals surface area contributed by atoms with E-state index in [2.05, 4.69) is 10.3 Å². The minimum atomic E-state index is -1.31. The number of carbonyl (C=O) groups is 2. The van der Waals surface area contributed by atoms with Gasteiger partial charge in [0, 0.05) is 5.38 Å². The van der Waals surface area contributed by atoms with Crippen LogP contribution in [0.1, 0.15) is 20.7 Å². The summed E-state index contributed by atoms with van der Waals surface area (Å²) < 4.78 is 0. The van der Waals surface area contributed by atoms with Gasteiger partial charge in [0.1, 0.15) is 5.56 Å². The van der Waals surface area contributed by atoms with E-state index in [0.29, 0.717) is 16.6 Å². The fourth-order valence-corrected chi connectivity index (χ4v) is 2.70. The lowest BCUT2D eigenvalue weighted by Gasteiger charge is -2.07. The highest BCUT2D eigenvalue weighted by atomic mass is 32.1. The predicted octanol–water partition coefficient (Wildman–Crippen LogP) is 2.54. The lowest BCUT2D eigenvalue weighted by atomic mass is 10.1. The third-order valence-corrected chi connectivity index (χ3v) is 3.82. The van der Waals surface area contributed by atoms with Crippen LogP contribution in [0.4, 0.5) is 5.69 Å². The molecule has 0 radical (unpaired) electrons. The second-order valence-electron chi connectivity index (χ2n) is 4.55. The Labute approximate surface area is 128 Å². The summed E-state index contributed by atoms with van der Waals surface area (Å²) in [5.41, 5.74) is 0.151. The number of hydrogen-bond donors (Lipinski definition) is 3. The Bertz CT molecular complexity index is 928. The number of H-pyrrole nitrogens is 1. The Balaban J connectivity index is 2.10. The number of rotatable bonds is 3. The van der Waals surface area contributed by atoms with E-state index >= 15 is 0 Å². The summed E-state index contributed by atoms with van der Waals surface area (Å²) in [7, 11) is 0. The van der Waals surface area contributed by atoms with Crippen molar-refractivity contribution >= 4 is 39.8 Å². The minimum Gasteiger partial charge on any atom is -0.477 e. The van der Waals surface area contributed by atoms with Crippen LogP contribution in [-0.4, -0.2) is 22.0 Å². The molecule has 110 valence electrons. The van der Waals surface area contributed by atoms with Gasteiger partial charge in [0.15, 0.2) is 0 Å². The van der Waals surface area contributed by atoms with Gasteiger partial charge in [0.2, 0.25) is 0 Å². The van der Waals surface area contributed by atoms with E-state index in [1.165, 1.54) is 17.4 Å². The fourth-order valence-electron chi connectivity index (χ4n) is 2.11. The molecular weight excluding hydrogens is 304 g/mol. The predicted molar refractivity (Wildman–Crippen MR) is 83.8 cm³/mol. The molecule has 2 heterocycles. The first-order chi connectivity index (χ1) is 10.6. The Kier molecular flexibility index (Phi) is 3.48. The number of hydrogen-bond acceptors (Lipinski definition) is 4. The highest BCUT2D eigenvalue weighted by molar-refractivity contribution is 7.08. The molecule has 7 heteroatoms. The Morgan fingerprint density at radius 2 is 2.00 bits per heavy atom. The fraction of sp³-hybridized carbons (Fsp3) is 0. The number of para-hydroxylation sites is 1. The summed E-state index contributed by atoms with van der Waals surface area (Å²) in [6.45, 7) is 0. The van der Waals surface area contributed by atoms with Gasteiger partial charge >= 0.3 is 5.97 Å². The van der Waals surface area contributed by atoms with Crippen LogP contribution in [-0.2, 0) is 0 Å². The first-order valence-electron chi connectivity index (χ1n) is 6.29. The Morgan fingerprint density at radius 3 is 2.68 bits per heavy atom. The maximum absolute atomic E-state index is 12.3. The number of pyridine rings is 1. The zero-order valence-electron chi connectivity index (χ0n) is 11.1. The van der Waals surface area contributed by atoms with Crippen molar-refractivity contribution in [1.29, 1.82) is 0 Å². The smallest absolute Gasteiger partial charge is 0.341 e. The van der Waals surface area contributed by atoms with Crippen LogP contribution in [0.2, 0.25) is 0 Å². The molecule has 3 N–H and O–H groups in total. The average molecular weight is 314 g/mol. The van der Waals surface area contributed by atoms with E-state index in [1.807, 2.05) is 5.38 Å². The minimum absolute atomic E-state index is 0.276. The first-order valence-corrected chi connectivity index (χ1v) is 7.23. The highest BCUT2D eigenvalue weighted by Crippen LogP contribution is 2.19. The molecule has 0 spiro atoms. The number of carboxylic acid groups (broad SMARTS) is 1. The lowest BCUT2D eigenvalue weighted by Crippen LogP contribution is -2.19. The number of fused-ring (bicyclic) bond motifs is 1. The van der Waals surface area contributed by atoms with E-state index in [0.717, 1.165) is 0 Å². The van der Waals surface area contributed by atoms with E-state index in [1.54, 1.807) is 29.6 Å². The first kappa shape index (κ1) is 14.0. The molecule has 2 aromatic heterocycles. The van der Waals surface area contributed by atoms with Gasteiger partial charge in [-0.05, 0) is 29.0 Å². The molecule has 0 atom stereocenters. The summed E-state index contributed by atoms with van der Waals surface area (Å²) in [4.78, 5) is 37.6. The number of carbonyl (C=O) groups excluding carboxylic acids is 1. The van der Waals surface area contributed by atoms with E-state index in [9.17, 15) is 14.4 Å². The van der Waals surface area contributed by atoms with Crippen molar-refractivity contribution in [2.45, 2.75) is 0 Å². The number of carboxylic acids is 1. The third kappa shape index (κ3) is 2.49. The number of aromatic carboxylic acids is 1. The van der Waals surface area contributed by atoms with E-state index in [-0.39, 0.29) is 17.0 Å². The molecule has 0 aliphatic carbocycles. The zero-order chi connectivity index (χ0) is 15.7. The lowest BCUT2D eigenvalue weighted by molar-refractivity contribution is 0.0695. The van der Waals surface area contributed by atoms with Gasteiger partial charge in [0.25, 0.3) is 11.5 Å². The van der Waals surface area contributed by atoms with Crippen molar-refractivity contribution in [2.24, 2.45) is 0 Å². The number of nitrogens with one attached hydrogen (secondary N) is 2. The number of thiophene rings is 1. The van der Waals surface area contributed by atoms with Crippen molar-refractivity contribution < 1.29 is 14.7 Å². The zero-order valence-corrected chi connectivity index (χ0v) is 11.9. The number of benzene rings is 1. The largest absolute Gasteiger partial charge is 0.477 e. The molecule has 0 bridgehead atoms. The van der Waals surface area contributed by atoms with Crippen LogP contribution in [0.25, 0.3) is 10.9 Å². The van der Waals surface area contributed by atoms with Crippen LogP contribution in [0.5, 0.6) is 0 Å². The number of aromatic nitrogens is 1.